The fourth-order valence-electron chi connectivity index (χ4n) is 9.57. The van der Waals surface area contributed by atoms with E-state index in [1.807, 2.05) is 17.4 Å². The zero-order valence-electron chi connectivity index (χ0n) is 34.0. The second-order valence-corrected chi connectivity index (χ2v) is 18.5. The topological polar surface area (TPSA) is 3.24 Å². The monoisotopic (exact) mass is 825 g/mol. The molecular weight excluding hydrogens is 787 g/mol. The van der Waals surface area contributed by atoms with Crippen LogP contribution in [0.5, 0.6) is 0 Å². The number of hydrogen-bond acceptors (Lipinski definition) is 3. The lowest BCUT2D eigenvalue weighted by Crippen LogP contribution is -2.30. The lowest BCUT2D eigenvalue weighted by atomic mass is 9.82. The van der Waals surface area contributed by atoms with Crippen molar-refractivity contribution in [1.29, 1.82) is 0 Å². The van der Waals surface area contributed by atoms with Crippen LogP contribution in [0.25, 0.3) is 85.9 Å². The molecule has 0 spiro atoms. The summed E-state index contributed by atoms with van der Waals surface area (Å²) < 4.78 is 5.07. The Balaban J connectivity index is 0.924. The minimum Gasteiger partial charge on any atom is -0.311 e. The summed E-state index contributed by atoms with van der Waals surface area (Å²) in [7, 11) is 0. The van der Waals surface area contributed by atoms with Gasteiger partial charge in [0.15, 0.2) is 0 Å². The fourth-order valence-corrected chi connectivity index (χ4v) is 11.9. The Kier molecular flexibility index (Phi) is 8.89. The zero-order chi connectivity index (χ0) is 41.1. The van der Waals surface area contributed by atoms with Crippen LogP contribution in [0.15, 0.2) is 194 Å². The van der Waals surface area contributed by atoms with Crippen molar-refractivity contribution < 1.29 is 0 Å². The molecule has 292 valence electrons. The van der Waals surface area contributed by atoms with Gasteiger partial charge in [0.25, 0.3) is 0 Å². The third-order valence-electron chi connectivity index (χ3n) is 12.6. The molecule has 9 aromatic carbocycles. The molecule has 0 radical (unpaired) electrons. The van der Waals surface area contributed by atoms with Crippen LogP contribution in [-0.2, 0) is 0 Å². The largest absolute Gasteiger partial charge is 0.311 e. The third-order valence-corrected chi connectivity index (χ3v) is 14.9. The molecule has 1 nitrogen and oxygen atoms in total. The van der Waals surface area contributed by atoms with Gasteiger partial charge in [-0.25, -0.2) is 0 Å². The van der Waals surface area contributed by atoms with Crippen molar-refractivity contribution in [2.24, 2.45) is 5.92 Å². The molecule has 11 aromatic rings. The standard InChI is InChI=1S/C59H39NS2/c1-38-35-42-11-2-3-12-44(42)37-54(38)45-14-8-13-43(36-45)39-23-29-46(30-24-39)60(47-31-25-40(26-32-47)49-17-10-22-57-58(49)53-16-5-7-21-56(53)61-57)48-33-27-41(28-34-48)50-18-9-19-52-51-15-4-6-20-55(51)62-59(50)52/h2-6,8-20,22-38,54H,1H3. The van der Waals surface area contributed by atoms with E-state index in [1.165, 1.54) is 85.0 Å². The molecule has 0 bridgehead atoms. The van der Waals surface area contributed by atoms with Gasteiger partial charge < -0.3 is 4.90 Å². The van der Waals surface area contributed by atoms with Gasteiger partial charge in [0.05, 0.1) is 4.70 Å². The van der Waals surface area contributed by atoms with Crippen LogP contribution in [0, 0.1) is 18.1 Å². The van der Waals surface area contributed by atoms with Gasteiger partial charge in [-0.1, -0.05) is 165 Å². The smallest absolute Gasteiger partial charge is 0.0857 e. The van der Waals surface area contributed by atoms with Crippen LogP contribution >= 0.6 is 22.7 Å². The minimum atomic E-state index is 0.332. The average Bonchev–Trinajstić information content (AvgIpc) is 3.91. The van der Waals surface area contributed by atoms with Gasteiger partial charge in [-0.05, 0) is 116 Å². The summed E-state index contributed by atoms with van der Waals surface area (Å²) in [6.45, 7) is 2.33. The van der Waals surface area contributed by atoms with E-state index in [0.29, 0.717) is 11.8 Å². The van der Waals surface area contributed by atoms with E-state index >= 15 is 0 Å². The lowest BCUT2D eigenvalue weighted by Gasteiger charge is -2.26. The molecule has 3 heteroatoms. The first kappa shape index (κ1) is 36.6. The molecule has 2 heterocycles. The predicted molar refractivity (Wildman–Crippen MR) is 267 cm³/mol. The van der Waals surface area contributed by atoms with Gasteiger partial charge in [0.2, 0.25) is 0 Å². The van der Waals surface area contributed by atoms with Crippen molar-refractivity contribution in [2.75, 3.05) is 4.90 Å². The molecule has 2 atom stereocenters. The third kappa shape index (κ3) is 6.31. The van der Waals surface area contributed by atoms with E-state index in [1.54, 1.807) is 11.3 Å². The fraction of sp³-hybridized carbons (Fsp3) is 0.0508. The van der Waals surface area contributed by atoms with Crippen LogP contribution in [-0.4, -0.2) is 0 Å². The summed E-state index contributed by atoms with van der Waals surface area (Å²) in [5.74, 6) is 0.750. The van der Waals surface area contributed by atoms with Gasteiger partial charge in [-0.15, -0.1) is 22.7 Å². The predicted octanol–water partition coefficient (Wildman–Crippen LogP) is 15.5. The Morgan fingerprint density at radius 2 is 1.08 bits per heavy atom. The molecule has 0 saturated carbocycles. The lowest BCUT2D eigenvalue weighted by molar-refractivity contribution is 0.693. The molecule has 12 rings (SSSR count). The first-order valence-electron chi connectivity index (χ1n) is 21.3. The van der Waals surface area contributed by atoms with Crippen molar-refractivity contribution in [3.05, 3.63) is 222 Å². The van der Waals surface area contributed by atoms with Gasteiger partial charge in [0.1, 0.15) is 0 Å². The Morgan fingerprint density at radius 1 is 0.468 bits per heavy atom. The number of benzene rings is 8. The van der Waals surface area contributed by atoms with E-state index < -0.39 is 0 Å². The normalized spacial score (nSPS) is 14.7. The van der Waals surface area contributed by atoms with Crippen molar-refractivity contribution in [1.82, 2.24) is 0 Å². The quantitative estimate of drug-likeness (QED) is 0.155. The van der Waals surface area contributed by atoms with Gasteiger partial charge >= 0.3 is 0 Å². The molecule has 0 fully saturated rings. The molecule has 0 N–H and O–H groups in total. The molecule has 1 aliphatic carbocycles. The van der Waals surface area contributed by atoms with Gasteiger partial charge in [-0.2, -0.15) is 0 Å². The number of nitrogens with zero attached hydrogens (tertiary/aromatic N) is 1. The number of hydrogen-bond donors (Lipinski definition) is 0. The van der Waals surface area contributed by atoms with Crippen LogP contribution in [0.1, 0.15) is 18.4 Å². The molecule has 0 amide bonds. The van der Waals surface area contributed by atoms with Crippen molar-refractivity contribution in [3.8, 4) is 33.4 Å². The first-order chi connectivity index (χ1) is 30.6. The molecule has 0 saturated heterocycles. The Morgan fingerprint density at radius 3 is 1.85 bits per heavy atom. The van der Waals surface area contributed by atoms with Crippen LogP contribution in [0.3, 0.4) is 0 Å². The number of anilines is 3. The Hall–Kier alpha value is -7.22. The minimum absolute atomic E-state index is 0.332. The van der Waals surface area contributed by atoms with Crippen molar-refractivity contribution >= 4 is 92.2 Å². The molecule has 62 heavy (non-hydrogen) atoms. The zero-order valence-corrected chi connectivity index (χ0v) is 35.7. The molecule has 1 aliphatic rings. The molecular formula is C59H39NS2. The number of thiophene rings is 2. The highest BCUT2D eigenvalue weighted by Gasteiger charge is 2.20. The van der Waals surface area contributed by atoms with E-state index in [4.69, 9.17) is 0 Å². The summed E-state index contributed by atoms with van der Waals surface area (Å²) in [5.41, 5.74) is 12.0. The Labute approximate surface area is 369 Å². The van der Waals surface area contributed by atoms with E-state index in [0.717, 1.165) is 21.8 Å². The van der Waals surface area contributed by atoms with Gasteiger partial charge in [-0.3, -0.25) is 0 Å². The van der Waals surface area contributed by atoms with E-state index in [9.17, 15) is 0 Å². The van der Waals surface area contributed by atoms with Crippen LogP contribution < -0.4 is 15.3 Å². The van der Waals surface area contributed by atoms with Crippen molar-refractivity contribution in [2.45, 2.75) is 12.8 Å². The summed E-state index contributed by atoms with van der Waals surface area (Å²) in [6.07, 6.45) is 4.86. The van der Waals surface area contributed by atoms with E-state index in [2.05, 4.69) is 224 Å². The number of fused-ring (bicyclic) bond motifs is 7. The molecule has 2 unspecified atom stereocenters. The second kappa shape index (κ2) is 15.0. The second-order valence-electron chi connectivity index (χ2n) is 16.4. The maximum Gasteiger partial charge on any atom is 0.0857 e. The van der Waals surface area contributed by atoms with Crippen molar-refractivity contribution in [3.63, 3.8) is 0 Å². The maximum atomic E-state index is 3.33. The highest BCUT2D eigenvalue weighted by Crippen LogP contribution is 2.44. The first-order valence-corrected chi connectivity index (χ1v) is 22.9. The van der Waals surface area contributed by atoms with Crippen LogP contribution in [0.4, 0.5) is 17.1 Å². The SMILES string of the molecule is CC1C=c2ccccc2=CC1c1cccc(-c2ccc(N(c3ccc(-c4cccc5c4sc4ccccc45)cc3)c3ccc(-c4cccc5sc6c#cccc6c45)cc3)cc2)c1. The number of rotatable bonds is 7. The summed E-state index contributed by atoms with van der Waals surface area (Å²) >= 11 is 3.66. The summed E-state index contributed by atoms with van der Waals surface area (Å²) in [4.78, 5) is 2.38. The Bertz CT molecular complexity index is 3590. The molecule has 2 aromatic heterocycles. The van der Waals surface area contributed by atoms with E-state index in [-0.39, 0.29) is 0 Å². The maximum absolute atomic E-state index is 3.33. The molecule has 0 aliphatic heterocycles. The summed E-state index contributed by atoms with van der Waals surface area (Å²) in [6, 6.07) is 77.8. The van der Waals surface area contributed by atoms with Gasteiger partial charge in [0, 0.05) is 58.6 Å². The highest BCUT2D eigenvalue weighted by molar-refractivity contribution is 7.26. The van der Waals surface area contributed by atoms with Crippen LogP contribution in [0.2, 0.25) is 0 Å². The highest BCUT2D eigenvalue weighted by atomic mass is 32.1. The average molecular weight is 826 g/mol. The summed E-state index contributed by atoms with van der Waals surface area (Å²) in [5, 5.41) is 7.80.